The molecule has 5 nitrogen and oxygen atoms in total. The van der Waals surface area contributed by atoms with Crippen LogP contribution in [0, 0.1) is 10.7 Å². The van der Waals surface area contributed by atoms with Gasteiger partial charge in [0.1, 0.15) is 5.69 Å². The maximum absolute atomic E-state index is 5.19. The minimum atomic E-state index is 0.500. The predicted octanol–water partition coefficient (Wildman–Crippen LogP) is 2.05. The standard InChI is InChI=1S/C10H13N5S/c1-7(2)6-15-9(13-14-10(15)16)8-5-11-3-4-12-8/h3-5,7H,6H2,1-2H3,(H,14,16). The molecule has 2 aromatic rings. The van der Waals surface area contributed by atoms with Crippen LogP contribution in [0.2, 0.25) is 0 Å². The highest BCUT2D eigenvalue weighted by Crippen LogP contribution is 2.14. The third-order valence-electron chi connectivity index (χ3n) is 2.10. The van der Waals surface area contributed by atoms with Gasteiger partial charge in [-0.2, -0.15) is 5.10 Å². The topological polar surface area (TPSA) is 59.4 Å². The maximum Gasteiger partial charge on any atom is 0.195 e. The van der Waals surface area contributed by atoms with Crippen LogP contribution >= 0.6 is 12.2 Å². The maximum atomic E-state index is 5.19. The summed E-state index contributed by atoms with van der Waals surface area (Å²) in [7, 11) is 0. The zero-order valence-corrected chi connectivity index (χ0v) is 10.0. The Morgan fingerprint density at radius 1 is 1.44 bits per heavy atom. The molecule has 0 aliphatic rings. The lowest BCUT2D eigenvalue weighted by Gasteiger charge is -2.08. The minimum absolute atomic E-state index is 0.500. The summed E-state index contributed by atoms with van der Waals surface area (Å²) in [4.78, 5) is 8.24. The molecule has 0 spiro atoms. The van der Waals surface area contributed by atoms with E-state index in [-0.39, 0.29) is 0 Å². The number of hydrogen-bond donors (Lipinski definition) is 1. The molecule has 16 heavy (non-hydrogen) atoms. The molecule has 0 aliphatic heterocycles. The van der Waals surface area contributed by atoms with E-state index in [2.05, 4.69) is 34.0 Å². The summed E-state index contributed by atoms with van der Waals surface area (Å²) in [5.41, 5.74) is 0.732. The second-order valence-corrected chi connectivity index (χ2v) is 4.33. The summed E-state index contributed by atoms with van der Waals surface area (Å²) in [5.74, 6) is 1.24. The normalized spacial score (nSPS) is 10.9. The second kappa shape index (κ2) is 4.52. The number of hydrogen-bond acceptors (Lipinski definition) is 4. The van der Waals surface area contributed by atoms with Gasteiger partial charge in [0.25, 0.3) is 0 Å². The van der Waals surface area contributed by atoms with Gasteiger partial charge in [-0.25, -0.2) is 4.98 Å². The number of nitrogens with zero attached hydrogens (tertiary/aromatic N) is 4. The summed E-state index contributed by atoms with van der Waals surface area (Å²) >= 11 is 5.19. The largest absolute Gasteiger partial charge is 0.299 e. The van der Waals surface area contributed by atoms with Crippen molar-refractivity contribution in [3.8, 4) is 11.5 Å². The first kappa shape index (κ1) is 10.9. The SMILES string of the molecule is CC(C)Cn1c(-c2cnccn2)n[nH]c1=S. The molecule has 0 amide bonds. The van der Waals surface area contributed by atoms with Crippen molar-refractivity contribution < 1.29 is 0 Å². The van der Waals surface area contributed by atoms with Gasteiger partial charge in [-0.1, -0.05) is 13.8 Å². The molecule has 0 atom stereocenters. The average Bonchev–Trinajstić information content (AvgIpc) is 2.61. The zero-order valence-electron chi connectivity index (χ0n) is 9.21. The Hall–Kier alpha value is -1.56. The van der Waals surface area contributed by atoms with Crippen LogP contribution in [-0.2, 0) is 6.54 Å². The van der Waals surface area contributed by atoms with Gasteiger partial charge in [0.15, 0.2) is 10.6 Å². The monoisotopic (exact) mass is 235 g/mol. The van der Waals surface area contributed by atoms with Crippen LogP contribution in [0.1, 0.15) is 13.8 Å². The van der Waals surface area contributed by atoms with Crippen LogP contribution < -0.4 is 0 Å². The summed E-state index contributed by atoms with van der Waals surface area (Å²) in [6.07, 6.45) is 4.96. The smallest absolute Gasteiger partial charge is 0.195 e. The number of aromatic amines is 1. The molecule has 0 aliphatic carbocycles. The van der Waals surface area contributed by atoms with E-state index >= 15 is 0 Å². The molecule has 1 N–H and O–H groups in total. The van der Waals surface area contributed by atoms with E-state index in [9.17, 15) is 0 Å². The molecular formula is C10H13N5S. The van der Waals surface area contributed by atoms with Crippen LogP contribution in [0.15, 0.2) is 18.6 Å². The van der Waals surface area contributed by atoms with E-state index in [1.807, 2.05) is 4.57 Å². The van der Waals surface area contributed by atoms with Crippen molar-refractivity contribution in [1.82, 2.24) is 24.7 Å². The fourth-order valence-corrected chi connectivity index (χ4v) is 1.67. The van der Waals surface area contributed by atoms with Crippen LogP contribution in [0.25, 0.3) is 11.5 Å². The van der Waals surface area contributed by atoms with Gasteiger partial charge in [-0.3, -0.25) is 14.6 Å². The van der Waals surface area contributed by atoms with Gasteiger partial charge in [0.05, 0.1) is 6.20 Å². The van der Waals surface area contributed by atoms with E-state index in [4.69, 9.17) is 12.2 Å². The highest BCUT2D eigenvalue weighted by molar-refractivity contribution is 7.71. The fraction of sp³-hybridized carbons (Fsp3) is 0.400. The van der Waals surface area contributed by atoms with E-state index < -0.39 is 0 Å². The summed E-state index contributed by atoms with van der Waals surface area (Å²) in [6.45, 7) is 5.09. The van der Waals surface area contributed by atoms with Crippen molar-refractivity contribution in [2.24, 2.45) is 5.92 Å². The number of rotatable bonds is 3. The Kier molecular flexibility index (Phi) is 3.09. The minimum Gasteiger partial charge on any atom is -0.299 e. The van der Waals surface area contributed by atoms with E-state index in [1.165, 1.54) is 0 Å². The summed E-state index contributed by atoms with van der Waals surface area (Å²) in [6, 6.07) is 0. The molecule has 0 saturated heterocycles. The Labute approximate surface area is 98.6 Å². The van der Waals surface area contributed by atoms with Gasteiger partial charge in [-0.05, 0) is 18.1 Å². The molecule has 0 fully saturated rings. The van der Waals surface area contributed by atoms with Crippen LogP contribution in [0.4, 0.5) is 0 Å². The van der Waals surface area contributed by atoms with Gasteiger partial charge in [0.2, 0.25) is 0 Å². The third kappa shape index (κ3) is 2.16. The van der Waals surface area contributed by atoms with Crippen molar-refractivity contribution in [3.05, 3.63) is 23.4 Å². The van der Waals surface area contributed by atoms with Gasteiger partial charge in [0, 0.05) is 18.9 Å². The quantitative estimate of drug-likeness (QED) is 0.827. The van der Waals surface area contributed by atoms with Crippen molar-refractivity contribution in [1.29, 1.82) is 0 Å². The fourth-order valence-electron chi connectivity index (χ4n) is 1.46. The zero-order chi connectivity index (χ0) is 11.5. The van der Waals surface area contributed by atoms with Crippen molar-refractivity contribution in [2.75, 3.05) is 0 Å². The van der Waals surface area contributed by atoms with Gasteiger partial charge < -0.3 is 0 Å². The molecule has 0 bridgehead atoms. The number of nitrogens with one attached hydrogen (secondary N) is 1. The molecule has 0 aromatic carbocycles. The molecule has 84 valence electrons. The summed E-state index contributed by atoms with van der Waals surface area (Å²) < 4.78 is 2.57. The second-order valence-electron chi connectivity index (χ2n) is 3.95. The van der Waals surface area contributed by atoms with E-state index in [1.54, 1.807) is 18.6 Å². The molecule has 2 heterocycles. The molecule has 0 radical (unpaired) electrons. The number of aromatic nitrogens is 5. The lowest BCUT2D eigenvalue weighted by molar-refractivity contribution is 0.521. The molecule has 6 heteroatoms. The molecular weight excluding hydrogens is 222 g/mol. The van der Waals surface area contributed by atoms with Crippen LogP contribution in [0.5, 0.6) is 0 Å². The third-order valence-corrected chi connectivity index (χ3v) is 2.41. The first-order chi connectivity index (χ1) is 7.68. The van der Waals surface area contributed by atoms with Crippen molar-refractivity contribution >= 4 is 12.2 Å². The van der Waals surface area contributed by atoms with Gasteiger partial charge in [-0.15, -0.1) is 0 Å². The highest BCUT2D eigenvalue weighted by atomic mass is 32.1. The first-order valence-electron chi connectivity index (χ1n) is 5.10. The Balaban J connectivity index is 2.46. The summed E-state index contributed by atoms with van der Waals surface area (Å²) in [5, 5.41) is 6.97. The average molecular weight is 235 g/mol. The van der Waals surface area contributed by atoms with Crippen molar-refractivity contribution in [2.45, 2.75) is 20.4 Å². The number of H-pyrrole nitrogens is 1. The Morgan fingerprint density at radius 3 is 2.88 bits per heavy atom. The molecule has 2 rings (SSSR count). The Bertz CT molecular complexity index is 514. The van der Waals surface area contributed by atoms with Crippen LogP contribution in [0.3, 0.4) is 0 Å². The van der Waals surface area contributed by atoms with Gasteiger partial charge >= 0.3 is 0 Å². The highest BCUT2D eigenvalue weighted by Gasteiger charge is 2.10. The molecule has 0 saturated carbocycles. The Morgan fingerprint density at radius 2 is 2.25 bits per heavy atom. The van der Waals surface area contributed by atoms with E-state index in [0.717, 1.165) is 18.1 Å². The first-order valence-corrected chi connectivity index (χ1v) is 5.51. The lowest BCUT2D eigenvalue weighted by Crippen LogP contribution is -2.07. The molecule has 0 unspecified atom stereocenters. The van der Waals surface area contributed by atoms with Crippen molar-refractivity contribution in [3.63, 3.8) is 0 Å². The van der Waals surface area contributed by atoms with E-state index in [0.29, 0.717) is 10.7 Å². The lowest BCUT2D eigenvalue weighted by atomic mass is 10.2. The molecule has 2 aromatic heterocycles. The van der Waals surface area contributed by atoms with Crippen LogP contribution in [-0.4, -0.2) is 24.7 Å². The predicted molar refractivity (Wildman–Crippen MR) is 63.3 cm³/mol.